The molecule has 0 amide bonds. The summed E-state index contributed by atoms with van der Waals surface area (Å²) in [6.45, 7) is 9.38. The Labute approximate surface area is 174 Å². The lowest BCUT2D eigenvalue weighted by Crippen LogP contribution is -2.50. The van der Waals surface area contributed by atoms with Gasteiger partial charge in [0, 0.05) is 39.3 Å². The minimum absolute atomic E-state index is 0.0842. The van der Waals surface area contributed by atoms with Gasteiger partial charge in [-0.25, -0.2) is 13.1 Å². The number of hydrogen-bond acceptors (Lipinski definition) is 5. The van der Waals surface area contributed by atoms with Gasteiger partial charge in [0.15, 0.2) is 5.96 Å². The Morgan fingerprint density at radius 2 is 2.03 bits per heavy atom. The number of rotatable bonds is 8. The minimum atomic E-state index is -3.18. The van der Waals surface area contributed by atoms with Crippen LogP contribution >= 0.6 is 0 Å². The summed E-state index contributed by atoms with van der Waals surface area (Å²) < 4.78 is 31.8. The van der Waals surface area contributed by atoms with Crippen LogP contribution in [0.5, 0.6) is 0 Å². The maximum absolute atomic E-state index is 11.6. The zero-order valence-corrected chi connectivity index (χ0v) is 18.2. The Balaban J connectivity index is 1.61. The summed E-state index contributed by atoms with van der Waals surface area (Å²) in [5.41, 5.74) is 1.32. The molecule has 9 heteroatoms. The van der Waals surface area contributed by atoms with E-state index < -0.39 is 10.0 Å². The lowest BCUT2D eigenvalue weighted by atomic mass is 10.1. The molecular formula is C20H33N5O3S. The number of likely N-dealkylation sites (tertiary alicyclic amines) is 1. The van der Waals surface area contributed by atoms with Crippen molar-refractivity contribution >= 4 is 16.0 Å². The van der Waals surface area contributed by atoms with Crippen LogP contribution in [-0.4, -0.2) is 88.0 Å². The number of morpholine rings is 1. The van der Waals surface area contributed by atoms with Gasteiger partial charge in [0.1, 0.15) is 0 Å². The number of fused-ring (bicyclic) bond motifs is 1. The van der Waals surface area contributed by atoms with E-state index in [0.29, 0.717) is 19.1 Å². The van der Waals surface area contributed by atoms with Gasteiger partial charge < -0.3 is 15.0 Å². The van der Waals surface area contributed by atoms with Crippen molar-refractivity contribution < 1.29 is 13.2 Å². The lowest BCUT2D eigenvalue weighted by Gasteiger charge is -2.36. The van der Waals surface area contributed by atoms with Gasteiger partial charge in [-0.05, 0) is 19.4 Å². The molecule has 0 aromatic heterocycles. The zero-order valence-electron chi connectivity index (χ0n) is 17.4. The highest BCUT2D eigenvalue weighted by Crippen LogP contribution is 2.24. The maximum atomic E-state index is 11.6. The summed E-state index contributed by atoms with van der Waals surface area (Å²) >= 11 is 0. The van der Waals surface area contributed by atoms with Crippen LogP contribution in [0.2, 0.25) is 0 Å². The predicted molar refractivity (Wildman–Crippen MR) is 115 cm³/mol. The molecule has 2 aliphatic heterocycles. The summed E-state index contributed by atoms with van der Waals surface area (Å²) in [7, 11) is -3.18. The molecule has 0 aliphatic carbocycles. The first-order chi connectivity index (χ1) is 14.0. The monoisotopic (exact) mass is 423 g/mol. The van der Waals surface area contributed by atoms with Crippen LogP contribution in [0, 0.1) is 0 Å². The van der Waals surface area contributed by atoms with Crippen LogP contribution in [0.25, 0.3) is 0 Å². The molecule has 8 nitrogen and oxygen atoms in total. The Morgan fingerprint density at radius 1 is 1.24 bits per heavy atom. The second-order valence-corrected chi connectivity index (χ2v) is 9.47. The van der Waals surface area contributed by atoms with Crippen molar-refractivity contribution in [2.24, 2.45) is 4.99 Å². The third-order valence-corrected chi connectivity index (χ3v) is 6.76. The van der Waals surface area contributed by atoms with Gasteiger partial charge in [0.2, 0.25) is 10.0 Å². The molecule has 162 valence electrons. The van der Waals surface area contributed by atoms with Crippen LogP contribution in [0.15, 0.2) is 35.3 Å². The SMILES string of the molecule is CCNC(=NCCNS(=O)(=O)CC)N1CC2OCCN(Cc3ccccc3)C2C1. The Morgan fingerprint density at radius 3 is 2.76 bits per heavy atom. The Hall–Kier alpha value is -1.68. The highest BCUT2D eigenvalue weighted by Gasteiger charge is 2.41. The predicted octanol–water partition coefficient (Wildman–Crippen LogP) is 0.476. The fraction of sp³-hybridized carbons (Fsp3) is 0.650. The second-order valence-electron chi connectivity index (χ2n) is 7.37. The molecule has 2 aliphatic rings. The molecule has 0 radical (unpaired) electrons. The first-order valence-corrected chi connectivity index (χ1v) is 12.1. The number of ether oxygens (including phenoxy) is 1. The van der Waals surface area contributed by atoms with Gasteiger partial charge in [0.05, 0.1) is 31.1 Å². The van der Waals surface area contributed by atoms with E-state index in [4.69, 9.17) is 4.74 Å². The van der Waals surface area contributed by atoms with Crippen LogP contribution < -0.4 is 10.0 Å². The first-order valence-electron chi connectivity index (χ1n) is 10.4. The largest absolute Gasteiger partial charge is 0.373 e. The van der Waals surface area contributed by atoms with Crippen LogP contribution in [-0.2, 0) is 21.3 Å². The third-order valence-electron chi connectivity index (χ3n) is 5.35. The molecule has 2 N–H and O–H groups in total. The molecule has 0 saturated carbocycles. The van der Waals surface area contributed by atoms with E-state index in [9.17, 15) is 8.42 Å². The maximum Gasteiger partial charge on any atom is 0.211 e. The molecule has 3 rings (SSSR count). The van der Waals surface area contributed by atoms with E-state index >= 15 is 0 Å². The topological polar surface area (TPSA) is 86.3 Å². The number of nitrogens with zero attached hydrogens (tertiary/aromatic N) is 3. The van der Waals surface area contributed by atoms with Crippen LogP contribution in [0.1, 0.15) is 19.4 Å². The molecule has 0 spiro atoms. The third kappa shape index (κ3) is 6.15. The number of guanidine groups is 1. The molecule has 2 saturated heterocycles. The molecule has 2 atom stereocenters. The number of aliphatic imine (C=N–C) groups is 1. The molecule has 2 heterocycles. The Kier molecular flexibility index (Phi) is 7.88. The molecule has 0 bridgehead atoms. The highest BCUT2D eigenvalue weighted by molar-refractivity contribution is 7.89. The molecule has 29 heavy (non-hydrogen) atoms. The smallest absolute Gasteiger partial charge is 0.211 e. The van der Waals surface area contributed by atoms with E-state index in [0.717, 1.165) is 45.3 Å². The van der Waals surface area contributed by atoms with E-state index in [1.54, 1.807) is 6.92 Å². The second kappa shape index (κ2) is 10.4. The molecular weight excluding hydrogens is 390 g/mol. The molecule has 1 aromatic rings. The standard InChI is InChI=1S/C20H33N5O3S/c1-3-21-20(22-10-11-23-29(26,27)4-2)25-15-18-19(16-25)28-13-12-24(18)14-17-8-6-5-7-9-17/h5-9,18-19,23H,3-4,10-16H2,1-2H3,(H,21,22). The van der Waals surface area contributed by atoms with Crippen molar-refractivity contribution in [1.29, 1.82) is 0 Å². The number of benzene rings is 1. The van der Waals surface area contributed by atoms with Gasteiger partial charge >= 0.3 is 0 Å². The minimum Gasteiger partial charge on any atom is -0.373 e. The van der Waals surface area contributed by atoms with Gasteiger partial charge in [-0.3, -0.25) is 9.89 Å². The van der Waals surface area contributed by atoms with Crippen molar-refractivity contribution in [2.75, 3.05) is 51.6 Å². The average Bonchev–Trinajstić information content (AvgIpc) is 3.16. The van der Waals surface area contributed by atoms with E-state index in [2.05, 4.69) is 49.1 Å². The number of sulfonamides is 1. The summed E-state index contributed by atoms with van der Waals surface area (Å²) in [6, 6.07) is 10.9. The highest BCUT2D eigenvalue weighted by atomic mass is 32.2. The van der Waals surface area contributed by atoms with Gasteiger partial charge in [-0.1, -0.05) is 30.3 Å². The van der Waals surface area contributed by atoms with Crippen molar-refractivity contribution in [1.82, 2.24) is 19.8 Å². The van der Waals surface area contributed by atoms with E-state index in [-0.39, 0.29) is 11.9 Å². The summed E-state index contributed by atoms with van der Waals surface area (Å²) in [5, 5.41) is 3.34. The quantitative estimate of drug-likeness (QED) is 0.359. The molecule has 1 aromatic carbocycles. The number of hydrogen-bond donors (Lipinski definition) is 2. The van der Waals surface area contributed by atoms with E-state index in [1.165, 1.54) is 5.56 Å². The summed E-state index contributed by atoms with van der Waals surface area (Å²) in [6.07, 6.45) is 0.162. The zero-order chi connectivity index (χ0) is 20.7. The molecule has 2 unspecified atom stereocenters. The van der Waals surface area contributed by atoms with Crippen molar-refractivity contribution in [3.05, 3.63) is 35.9 Å². The van der Waals surface area contributed by atoms with Gasteiger partial charge in [0.25, 0.3) is 0 Å². The average molecular weight is 424 g/mol. The summed E-state index contributed by atoms with van der Waals surface area (Å²) in [5.74, 6) is 0.904. The summed E-state index contributed by atoms with van der Waals surface area (Å²) in [4.78, 5) is 9.37. The van der Waals surface area contributed by atoms with Crippen molar-refractivity contribution in [3.8, 4) is 0 Å². The van der Waals surface area contributed by atoms with Gasteiger partial charge in [-0.15, -0.1) is 0 Å². The van der Waals surface area contributed by atoms with Crippen molar-refractivity contribution in [3.63, 3.8) is 0 Å². The fourth-order valence-electron chi connectivity index (χ4n) is 3.84. The normalized spacial score (nSPS) is 23.2. The van der Waals surface area contributed by atoms with Gasteiger partial charge in [-0.2, -0.15) is 0 Å². The number of nitrogens with one attached hydrogen (secondary N) is 2. The van der Waals surface area contributed by atoms with Crippen LogP contribution in [0.4, 0.5) is 0 Å². The fourth-order valence-corrected chi connectivity index (χ4v) is 4.44. The van der Waals surface area contributed by atoms with Crippen molar-refractivity contribution in [2.45, 2.75) is 32.5 Å². The lowest BCUT2D eigenvalue weighted by molar-refractivity contribution is -0.0502. The Bertz CT molecular complexity index is 772. The first kappa shape index (κ1) is 22.0. The molecule has 2 fully saturated rings. The van der Waals surface area contributed by atoms with E-state index in [1.807, 2.05) is 13.0 Å². The van der Waals surface area contributed by atoms with Crippen LogP contribution in [0.3, 0.4) is 0 Å².